The Morgan fingerprint density at radius 1 is 1.25 bits per heavy atom. The zero-order valence-corrected chi connectivity index (χ0v) is 13.9. The quantitative estimate of drug-likeness (QED) is 0.744. The van der Waals surface area contributed by atoms with Gasteiger partial charge in [0.15, 0.2) is 5.76 Å². The Hall–Kier alpha value is -2.83. The molecule has 0 saturated carbocycles. The first kappa shape index (κ1) is 17.5. The van der Waals surface area contributed by atoms with Crippen molar-refractivity contribution in [2.75, 3.05) is 27.7 Å². The molecule has 1 heterocycles. The second kappa shape index (κ2) is 7.63. The van der Waals surface area contributed by atoms with Crippen molar-refractivity contribution in [1.29, 1.82) is 0 Å². The van der Waals surface area contributed by atoms with E-state index in [2.05, 4.69) is 0 Å². The molecule has 1 saturated heterocycles. The smallest absolute Gasteiger partial charge is 0.422 e. The Kier molecular flexibility index (Phi) is 5.57. The molecule has 7 heteroatoms. The highest BCUT2D eigenvalue weighted by atomic mass is 16.6. The van der Waals surface area contributed by atoms with Gasteiger partial charge in [-0.25, -0.2) is 9.69 Å². The Labute approximate surface area is 140 Å². The van der Waals surface area contributed by atoms with Crippen LogP contribution < -0.4 is 4.74 Å². The van der Waals surface area contributed by atoms with Crippen LogP contribution in [0, 0.1) is 0 Å². The van der Waals surface area contributed by atoms with Crippen molar-refractivity contribution in [3.05, 3.63) is 35.6 Å². The van der Waals surface area contributed by atoms with Gasteiger partial charge >= 0.3 is 6.09 Å². The van der Waals surface area contributed by atoms with Crippen molar-refractivity contribution in [3.8, 4) is 5.75 Å². The van der Waals surface area contributed by atoms with Crippen molar-refractivity contribution in [2.24, 2.45) is 0 Å². The largest absolute Gasteiger partial charge is 0.497 e. The van der Waals surface area contributed by atoms with E-state index < -0.39 is 12.0 Å². The summed E-state index contributed by atoms with van der Waals surface area (Å²) in [4.78, 5) is 38.1. The van der Waals surface area contributed by atoms with Gasteiger partial charge in [-0.2, -0.15) is 0 Å². The zero-order valence-electron chi connectivity index (χ0n) is 13.9. The average molecular weight is 332 g/mol. The van der Waals surface area contributed by atoms with Gasteiger partial charge in [0, 0.05) is 27.1 Å². The fourth-order valence-corrected chi connectivity index (χ4v) is 2.16. The number of carbonyl (C=O) groups excluding carboxylic acids is 3. The fourth-order valence-electron chi connectivity index (χ4n) is 2.16. The molecule has 24 heavy (non-hydrogen) atoms. The number of ether oxygens (including phenoxy) is 2. The maximum Gasteiger partial charge on any atom is 0.422 e. The van der Waals surface area contributed by atoms with E-state index in [1.54, 1.807) is 45.5 Å². The van der Waals surface area contributed by atoms with E-state index >= 15 is 0 Å². The normalized spacial score (nSPS) is 15.6. The van der Waals surface area contributed by atoms with Gasteiger partial charge < -0.3 is 14.4 Å². The first-order chi connectivity index (χ1) is 11.4. The second-order valence-corrected chi connectivity index (χ2v) is 5.50. The third kappa shape index (κ3) is 4.13. The molecule has 1 aromatic carbocycles. The SMILES string of the molecule is COc1ccc(/C=C2\OC(=O)N(CCCC(=O)N(C)C)C2=O)cc1. The Morgan fingerprint density at radius 2 is 1.92 bits per heavy atom. The van der Waals surface area contributed by atoms with Crippen molar-refractivity contribution in [3.63, 3.8) is 0 Å². The summed E-state index contributed by atoms with van der Waals surface area (Å²) >= 11 is 0. The van der Waals surface area contributed by atoms with E-state index in [4.69, 9.17) is 9.47 Å². The number of hydrogen-bond donors (Lipinski definition) is 0. The van der Waals surface area contributed by atoms with E-state index in [1.807, 2.05) is 0 Å². The third-order valence-corrected chi connectivity index (χ3v) is 3.56. The lowest BCUT2D eigenvalue weighted by Gasteiger charge is -2.12. The van der Waals surface area contributed by atoms with E-state index in [9.17, 15) is 14.4 Å². The summed E-state index contributed by atoms with van der Waals surface area (Å²) in [6.07, 6.45) is 1.46. The van der Waals surface area contributed by atoms with Gasteiger partial charge in [0.05, 0.1) is 7.11 Å². The van der Waals surface area contributed by atoms with Crippen LogP contribution in [0.5, 0.6) is 5.75 Å². The summed E-state index contributed by atoms with van der Waals surface area (Å²) in [5, 5.41) is 0. The van der Waals surface area contributed by atoms with Crippen molar-refractivity contribution < 1.29 is 23.9 Å². The zero-order chi connectivity index (χ0) is 17.7. The Bertz CT molecular complexity index is 664. The molecule has 1 aliphatic heterocycles. The average Bonchev–Trinajstić information content (AvgIpc) is 2.82. The van der Waals surface area contributed by atoms with Crippen LogP contribution in [0.1, 0.15) is 18.4 Å². The van der Waals surface area contributed by atoms with Crippen LogP contribution in [0.4, 0.5) is 4.79 Å². The number of nitrogens with zero attached hydrogens (tertiary/aromatic N) is 2. The molecule has 7 nitrogen and oxygen atoms in total. The molecule has 0 N–H and O–H groups in total. The second-order valence-electron chi connectivity index (χ2n) is 5.50. The van der Waals surface area contributed by atoms with E-state index in [-0.39, 0.29) is 24.6 Å². The van der Waals surface area contributed by atoms with E-state index in [0.717, 1.165) is 10.5 Å². The number of cyclic esters (lactones) is 1. The first-order valence-electron chi connectivity index (χ1n) is 7.52. The maximum absolute atomic E-state index is 12.2. The van der Waals surface area contributed by atoms with Gasteiger partial charge in [0.2, 0.25) is 5.91 Å². The van der Waals surface area contributed by atoms with Crippen molar-refractivity contribution >= 4 is 24.0 Å². The number of amides is 3. The molecule has 2 rings (SSSR count). The summed E-state index contributed by atoms with van der Waals surface area (Å²) in [6, 6.07) is 7.01. The number of rotatable bonds is 6. The number of methoxy groups -OCH3 is 1. The van der Waals surface area contributed by atoms with Gasteiger partial charge in [-0.3, -0.25) is 9.59 Å². The minimum absolute atomic E-state index is 0.0240. The summed E-state index contributed by atoms with van der Waals surface area (Å²) < 4.78 is 10.1. The van der Waals surface area contributed by atoms with Gasteiger partial charge in [-0.15, -0.1) is 0 Å². The lowest BCUT2D eigenvalue weighted by molar-refractivity contribution is -0.129. The lowest BCUT2D eigenvalue weighted by Crippen LogP contribution is -2.31. The highest BCUT2D eigenvalue weighted by Gasteiger charge is 2.36. The highest BCUT2D eigenvalue weighted by molar-refractivity contribution is 6.09. The standard InChI is InChI=1S/C17H20N2O5/c1-18(2)15(20)5-4-10-19-16(21)14(24-17(19)22)11-12-6-8-13(23-3)9-7-12/h6-9,11H,4-5,10H2,1-3H3/b14-11-. The molecular formula is C17H20N2O5. The monoisotopic (exact) mass is 332 g/mol. The molecule has 0 bridgehead atoms. The van der Waals surface area contributed by atoms with Crippen LogP contribution in [0.3, 0.4) is 0 Å². The summed E-state index contributed by atoms with van der Waals surface area (Å²) in [6.45, 7) is 0.150. The van der Waals surface area contributed by atoms with Crippen LogP contribution in [0.25, 0.3) is 6.08 Å². The molecule has 0 aliphatic carbocycles. The number of carbonyl (C=O) groups is 3. The van der Waals surface area contributed by atoms with Crippen LogP contribution in [-0.4, -0.2) is 55.5 Å². The van der Waals surface area contributed by atoms with Crippen LogP contribution in [0.2, 0.25) is 0 Å². The van der Waals surface area contributed by atoms with E-state index in [1.165, 1.54) is 11.0 Å². The summed E-state index contributed by atoms with van der Waals surface area (Å²) in [7, 11) is 4.88. The van der Waals surface area contributed by atoms with Gasteiger partial charge in [0.1, 0.15) is 5.75 Å². The molecule has 1 fully saturated rings. The van der Waals surface area contributed by atoms with Crippen LogP contribution in [0.15, 0.2) is 30.0 Å². The van der Waals surface area contributed by atoms with Gasteiger partial charge in [-0.1, -0.05) is 12.1 Å². The number of benzene rings is 1. The maximum atomic E-state index is 12.2. The van der Waals surface area contributed by atoms with E-state index in [0.29, 0.717) is 12.2 Å². The number of imide groups is 1. The summed E-state index contributed by atoms with van der Waals surface area (Å²) in [5.74, 6) is 0.125. The first-order valence-corrected chi connectivity index (χ1v) is 7.52. The van der Waals surface area contributed by atoms with Crippen molar-refractivity contribution in [2.45, 2.75) is 12.8 Å². The summed E-state index contributed by atoms with van der Waals surface area (Å²) in [5.41, 5.74) is 0.719. The van der Waals surface area contributed by atoms with Crippen LogP contribution >= 0.6 is 0 Å². The Balaban J connectivity index is 1.99. The fraction of sp³-hybridized carbons (Fsp3) is 0.353. The molecule has 0 unspecified atom stereocenters. The molecule has 0 atom stereocenters. The topological polar surface area (TPSA) is 76.2 Å². The number of hydrogen-bond acceptors (Lipinski definition) is 5. The molecule has 1 aliphatic rings. The molecule has 3 amide bonds. The Morgan fingerprint density at radius 3 is 2.50 bits per heavy atom. The van der Waals surface area contributed by atoms with Gasteiger partial charge in [-0.05, 0) is 30.2 Å². The molecule has 128 valence electrons. The molecule has 0 aromatic heterocycles. The van der Waals surface area contributed by atoms with Crippen LogP contribution in [-0.2, 0) is 14.3 Å². The molecule has 1 aromatic rings. The molecular weight excluding hydrogens is 312 g/mol. The molecule has 0 radical (unpaired) electrons. The minimum Gasteiger partial charge on any atom is -0.497 e. The predicted molar refractivity (Wildman–Crippen MR) is 87.1 cm³/mol. The van der Waals surface area contributed by atoms with Crippen molar-refractivity contribution in [1.82, 2.24) is 9.80 Å². The van der Waals surface area contributed by atoms with Gasteiger partial charge in [0.25, 0.3) is 5.91 Å². The lowest BCUT2D eigenvalue weighted by atomic mass is 10.2. The molecule has 0 spiro atoms. The predicted octanol–water partition coefficient (Wildman–Crippen LogP) is 1.88. The minimum atomic E-state index is -0.711. The highest BCUT2D eigenvalue weighted by Crippen LogP contribution is 2.21. The third-order valence-electron chi connectivity index (χ3n) is 3.56.